The molecule has 0 bridgehead atoms. The van der Waals surface area contributed by atoms with Gasteiger partial charge in [0.15, 0.2) is 0 Å². The van der Waals surface area contributed by atoms with Gasteiger partial charge < -0.3 is 10.5 Å². The number of ether oxygens (including phenoxy) is 1. The molecule has 5 heteroatoms. The first kappa shape index (κ1) is 15.1. The topological polar surface area (TPSA) is 64.3 Å². The summed E-state index contributed by atoms with van der Waals surface area (Å²) >= 11 is 6.02. The van der Waals surface area contributed by atoms with Gasteiger partial charge in [0.25, 0.3) is 0 Å². The number of benzene rings is 1. The van der Waals surface area contributed by atoms with Crippen LogP contribution in [0.4, 0.5) is 10.5 Å². The van der Waals surface area contributed by atoms with Gasteiger partial charge in [-0.2, -0.15) is 0 Å². The lowest BCUT2D eigenvalue weighted by atomic mass is 10.0. The first-order valence-corrected chi connectivity index (χ1v) is 7.12. The van der Waals surface area contributed by atoms with Crippen LogP contribution in [0.5, 0.6) is 0 Å². The predicted octanol–water partition coefficient (Wildman–Crippen LogP) is 3.72. The Bertz CT molecular complexity index is 519. The fourth-order valence-corrected chi connectivity index (χ4v) is 2.16. The number of rotatable bonds is 3. The van der Waals surface area contributed by atoms with Gasteiger partial charge in [-0.15, -0.1) is 0 Å². The van der Waals surface area contributed by atoms with Gasteiger partial charge in [0.05, 0.1) is 0 Å². The molecule has 3 N–H and O–H groups in total. The third-order valence-electron chi connectivity index (χ3n) is 3.14. The van der Waals surface area contributed by atoms with E-state index in [1.54, 1.807) is 12.1 Å². The first-order chi connectivity index (χ1) is 9.17. The number of halogens is 1. The van der Waals surface area contributed by atoms with E-state index in [-0.39, 0.29) is 5.54 Å². The SMILES string of the molecule is CC(C)(C)OC(=O)Nc1ccc(Cl)cc1CC1(N)CC1. The summed E-state index contributed by atoms with van der Waals surface area (Å²) in [6.45, 7) is 5.48. The van der Waals surface area contributed by atoms with Crippen molar-refractivity contribution >= 4 is 23.4 Å². The van der Waals surface area contributed by atoms with Gasteiger partial charge >= 0.3 is 6.09 Å². The Labute approximate surface area is 124 Å². The fraction of sp³-hybridized carbons (Fsp3) is 0.533. The van der Waals surface area contributed by atoms with Crippen LogP contribution in [0.25, 0.3) is 0 Å². The van der Waals surface area contributed by atoms with Gasteiger partial charge in [0.2, 0.25) is 0 Å². The highest BCUT2D eigenvalue weighted by Crippen LogP contribution is 2.38. The second-order valence-corrected chi connectivity index (χ2v) is 6.90. The second kappa shape index (κ2) is 5.26. The minimum Gasteiger partial charge on any atom is -0.444 e. The van der Waals surface area contributed by atoms with Crippen molar-refractivity contribution in [2.24, 2.45) is 5.73 Å². The third kappa shape index (κ3) is 4.39. The molecule has 0 unspecified atom stereocenters. The maximum Gasteiger partial charge on any atom is 0.412 e. The lowest BCUT2D eigenvalue weighted by molar-refractivity contribution is 0.0635. The Morgan fingerprint density at radius 2 is 2.10 bits per heavy atom. The summed E-state index contributed by atoms with van der Waals surface area (Å²) in [5, 5.41) is 3.41. The number of anilines is 1. The molecule has 1 amide bonds. The summed E-state index contributed by atoms with van der Waals surface area (Å²) < 4.78 is 5.26. The summed E-state index contributed by atoms with van der Waals surface area (Å²) in [5.74, 6) is 0. The van der Waals surface area contributed by atoms with Crippen LogP contribution >= 0.6 is 11.6 Å². The van der Waals surface area contributed by atoms with E-state index in [1.807, 2.05) is 26.8 Å². The molecule has 0 radical (unpaired) electrons. The molecule has 1 fully saturated rings. The van der Waals surface area contributed by atoms with Gasteiger partial charge in [0.1, 0.15) is 5.60 Å². The van der Waals surface area contributed by atoms with Gasteiger partial charge in [-0.25, -0.2) is 4.79 Å². The molecule has 0 saturated heterocycles. The molecule has 4 nitrogen and oxygen atoms in total. The second-order valence-electron chi connectivity index (χ2n) is 6.47. The molecule has 20 heavy (non-hydrogen) atoms. The summed E-state index contributed by atoms with van der Waals surface area (Å²) in [6.07, 6.45) is 2.25. The third-order valence-corrected chi connectivity index (χ3v) is 3.37. The summed E-state index contributed by atoms with van der Waals surface area (Å²) in [5.41, 5.74) is 7.13. The van der Waals surface area contributed by atoms with Crippen molar-refractivity contribution in [1.82, 2.24) is 0 Å². The van der Waals surface area contributed by atoms with Crippen molar-refractivity contribution in [3.8, 4) is 0 Å². The van der Waals surface area contributed by atoms with E-state index in [2.05, 4.69) is 5.32 Å². The van der Waals surface area contributed by atoms with Crippen LogP contribution in [0.3, 0.4) is 0 Å². The molecule has 0 spiro atoms. The molecule has 1 aromatic carbocycles. The molecule has 110 valence electrons. The minimum atomic E-state index is -0.526. The molecule has 1 aromatic rings. The Kier molecular flexibility index (Phi) is 3.98. The Balaban J connectivity index is 2.12. The number of amides is 1. The number of carbonyl (C=O) groups excluding carboxylic acids is 1. The number of nitrogens with one attached hydrogen (secondary N) is 1. The molecule has 1 saturated carbocycles. The molecule has 2 rings (SSSR count). The van der Waals surface area contributed by atoms with Crippen molar-refractivity contribution in [2.75, 3.05) is 5.32 Å². The van der Waals surface area contributed by atoms with Gasteiger partial charge in [-0.3, -0.25) is 5.32 Å². The van der Waals surface area contributed by atoms with Crippen molar-refractivity contribution in [2.45, 2.75) is 51.2 Å². The maximum absolute atomic E-state index is 11.8. The van der Waals surface area contributed by atoms with E-state index >= 15 is 0 Å². The van der Waals surface area contributed by atoms with Crippen molar-refractivity contribution in [1.29, 1.82) is 0 Å². The van der Waals surface area contributed by atoms with Crippen LogP contribution in [0.2, 0.25) is 5.02 Å². The highest BCUT2D eigenvalue weighted by Gasteiger charge is 2.38. The number of hydrogen-bond donors (Lipinski definition) is 2. The normalized spacial score (nSPS) is 16.6. The molecule has 0 atom stereocenters. The molecule has 1 aliphatic carbocycles. The first-order valence-electron chi connectivity index (χ1n) is 6.74. The van der Waals surface area contributed by atoms with E-state index in [0.29, 0.717) is 17.1 Å². The molecule has 1 aliphatic rings. The molecule has 0 aromatic heterocycles. The van der Waals surface area contributed by atoms with Crippen LogP contribution in [0.1, 0.15) is 39.2 Å². The molecule has 0 aliphatic heterocycles. The zero-order chi connectivity index (χ0) is 15.0. The van der Waals surface area contributed by atoms with Crippen molar-refractivity contribution < 1.29 is 9.53 Å². The summed E-state index contributed by atoms with van der Waals surface area (Å²) in [7, 11) is 0. The van der Waals surface area contributed by atoms with Crippen molar-refractivity contribution in [3.63, 3.8) is 0 Å². The lowest BCUT2D eigenvalue weighted by Gasteiger charge is -2.21. The Morgan fingerprint density at radius 1 is 1.45 bits per heavy atom. The number of carbonyl (C=O) groups is 1. The minimum absolute atomic E-state index is 0.144. The standard InChI is InChI=1S/C15H21ClN2O2/c1-14(2,3)20-13(19)18-12-5-4-11(16)8-10(12)9-15(17)6-7-15/h4-5,8H,6-7,9,17H2,1-3H3,(H,18,19). The van der Waals surface area contributed by atoms with E-state index in [9.17, 15) is 4.79 Å². The molecular weight excluding hydrogens is 276 g/mol. The predicted molar refractivity (Wildman–Crippen MR) is 81.2 cm³/mol. The van der Waals surface area contributed by atoms with E-state index in [0.717, 1.165) is 18.4 Å². The average molecular weight is 297 g/mol. The van der Waals surface area contributed by atoms with Gasteiger partial charge in [-0.05, 0) is 63.8 Å². The largest absolute Gasteiger partial charge is 0.444 e. The van der Waals surface area contributed by atoms with E-state index in [4.69, 9.17) is 22.1 Å². The zero-order valence-corrected chi connectivity index (χ0v) is 12.9. The van der Waals surface area contributed by atoms with E-state index < -0.39 is 11.7 Å². The maximum atomic E-state index is 11.8. The summed E-state index contributed by atoms with van der Waals surface area (Å²) in [6, 6.07) is 5.38. The monoisotopic (exact) mass is 296 g/mol. The Morgan fingerprint density at radius 3 is 2.65 bits per heavy atom. The quantitative estimate of drug-likeness (QED) is 0.893. The van der Waals surface area contributed by atoms with E-state index in [1.165, 1.54) is 0 Å². The fourth-order valence-electron chi connectivity index (χ4n) is 1.96. The molecule has 0 heterocycles. The van der Waals surface area contributed by atoms with Crippen LogP contribution < -0.4 is 11.1 Å². The summed E-state index contributed by atoms with van der Waals surface area (Å²) in [4.78, 5) is 11.8. The Hall–Kier alpha value is -1.26. The van der Waals surface area contributed by atoms with Gasteiger partial charge in [-0.1, -0.05) is 11.6 Å². The van der Waals surface area contributed by atoms with Gasteiger partial charge in [0, 0.05) is 16.2 Å². The molecular formula is C15H21ClN2O2. The lowest BCUT2D eigenvalue weighted by Crippen LogP contribution is -2.28. The number of nitrogens with two attached hydrogens (primary N) is 1. The average Bonchev–Trinajstić information content (AvgIpc) is 2.97. The van der Waals surface area contributed by atoms with Crippen LogP contribution in [-0.2, 0) is 11.2 Å². The van der Waals surface area contributed by atoms with Crippen molar-refractivity contribution in [3.05, 3.63) is 28.8 Å². The van der Waals surface area contributed by atoms with Crippen LogP contribution in [0, 0.1) is 0 Å². The zero-order valence-electron chi connectivity index (χ0n) is 12.1. The van der Waals surface area contributed by atoms with Crippen LogP contribution in [-0.4, -0.2) is 17.2 Å². The highest BCUT2D eigenvalue weighted by atomic mass is 35.5. The number of hydrogen-bond acceptors (Lipinski definition) is 3. The smallest absolute Gasteiger partial charge is 0.412 e. The highest BCUT2D eigenvalue weighted by molar-refractivity contribution is 6.30. The van der Waals surface area contributed by atoms with Crippen LogP contribution in [0.15, 0.2) is 18.2 Å².